The van der Waals surface area contributed by atoms with Gasteiger partial charge in [-0.25, -0.2) is 4.98 Å². The SMILES string of the molecule is COc1cccc(OCCn2c(C(C)NC(=O)c3ccccc3OC)nc3ccccc32)c1. The van der Waals surface area contributed by atoms with E-state index < -0.39 is 0 Å². The van der Waals surface area contributed by atoms with Crippen molar-refractivity contribution in [3.05, 3.63) is 84.2 Å². The van der Waals surface area contributed by atoms with Gasteiger partial charge in [-0.05, 0) is 43.3 Å². The number of carbonyl (C=O) groups excluding carboxylic acids is 1. The molecule has 0 aliphatic rings. The molecule has 0 saturated carbocycles. The van der Waals surface area contributed by atoms with E-state index in [9.17, 15) is 4.79 Å². The molecule has 0 fully saturated rings. The second-order valence-corrected chi connectivity index (χ2v) is 7.53. The summed E-state index contributed by atoms with van der Waals surface area (Å²) in [6.07, 6.45) is 0. The van der Waals surface area contributed by atoms with Crippen molar-refractivity contribution in [2.24, 2.45) is 0 Å². The number of nitrogens with one attached hydrogen (secondary N) is 1. The third-order valence-electron chi connectivity index (χ3n) is 5.40. The molecule has 4 aromatic rings. The van der Waals surface area contributed by atoms with E-state index in [1.54, 1.807) is 26.4 Å². The van der Waals surface area contributed by atoms with E-state index in [4.69, 9.17) is 19.2 Å². The number of aromatic nitrogens is 2. The number of hydrogen-bond acceptors (Lipinski definition) is 5. The molecule has 1 atom stereocenters. The molecule has 0 saturated heterocycles. The maximum absolute atomic E-state index is 12.9. The summed E-state index contributed by atoms with van der Waals surface area (Å²) in [5, 5.41) is 3.05. The Hall–Kier alpha value is -4.00. The summed E-state index contributed by atoms with van der Waals surface area (Å²) in [7, 11) is 3.18. The molecule has 7 heteroatoms. The average molecular weight is 446 g/mol. The van der Waals surface area contributed by atoms with Crippen LogP contribution in [0, 0.1) is 0 Å². The Bertz CT molecular complexity index is 1250. The first-order valence-corrected chi connectivity index (χ1v) is 10.8. The number of amides is 1. The van der Waals surface area contributed by atoms with Gasteiger partial charge in [0.05, 0.1) is 43.4 Å². The van der Waals surface area contributed by atoms with Crippen LogP contribution in [-0.4, -0.2) is 36.3 Å². The first-order valence-electron chi connectivity index (χ1n) is 10.8. The lowest BCUT2D eigenvalue weighted by atomic mass is 10.1. The molecule has 1 aromatic heterocycles. The summed E-state index contributed by atoms with van der Waals surface area (Å²) in [4.78, 5) is 17.7. The molecule has 0 spiro atoms. The number of benzene rings is 3. The largest absolute Gasteiger partial charge is 0.497 e. The molecule has 1 amide bonds. The van der Waals surface area contributed by atoms with Crippen LogP contribution >= 0.6 is 0 Å². The maximum atomic E-state index is 12.9. The topological polar surface area (TPSA) is 74.6 Å². The molecule has 1 heterocycles. The van der Waals surface area contributed by atoms with Crippen LogP contribution in [0.2, 0.25) is 0 Å². The Labute approximate surface area is 192 Å². The maximum Gasteiger partial charge on any atom is 0.255 e. The first-order chi connectivity index (χ1) is 16.1. The van der Waals surface area contributed by atoms with Crippen molar-refractivity contribution in [1.82, 2.24) is 14.9 Å². The molecular weight excluding hydrogens is 418 g/mol. The number of hydrogen-bond donors (Lipinski definition) is 1. The highest BCUT2D eigenvalue weighted by Crippen LogP contribution is 2.24. The van der Waals surface area contributed by atoms with E-state index in [0.717, 1.165) is 28.4 Å². The van der Waals surface area contributed by atoms with Gasteiger partial charge in [0, 0.05) is 6.07 Å². The predicted octanol–water partition coefficient (Wildman–Crippen LogP) is 4.62. The normalized spacial score (nSPS) is 11.7. The summed E-state index contributed by atoms with van der Waals surface area (Å²) in [6, 6.07) is 22.3. The van der Waals surface area contributed by atoms with Gasteiger partial charge in [0.25, 0.3) is 5.91 Å². The zero-order valence-electron chi connectivity index (χ0n) is 18.9. The Morgan fingerprint density at radius 1 is 0.970 bits per heavy atom. The third kappa shape index (κ3) is 4.92. The number of carbonyl (C=O) groups is 1. The number of imidazole rings is 1. The standard InChI is InChI=1S/C26H27N3O4/c1-18(27-26(30)21-11-4-7-14-24(21)32-3)25-28-22-12-5-6-13-23(22)29(25)15-16-33-20-10-8-9-19(17-20)31-2/h4-14,17-18H,15-16H2,1-3H3,(H,27,30). The van der Waals surface area contributed by atoms with Crippen molar-refractivity contribution in [1.29, 1.82) is 0 Å². The molecular formula is C26H27N3O4. The Morgan fingerprint density at radius 2 is 1.73 bits per heavy atom. The summed E-state index contributed by atoms with van der Waals surface area (Å²) >= 11 is 0. The number of rotatable bonds is 9. The van der Waals surface area contributed by atoms with Crippen LogP contribution in [0.15, 0.2) is 72.8 Å². The monoisotopic (exact) mass is 445 g/mol. The van der Waals surface area contributed by atoms with Gasteiger partial charge in [-0.1, -0.05) is 30.3 Å². The third-order valence-corrected chi connectivity index (χ3v) is 5.40. The van der Waals surface area contributed by atoms with Crippen molar-refractivity contribution in [2.75, 3.05) is 20.8 Å². The smallest absolute Gasteiger partial charge is 0.255 e. The van der Waals surface area contributed by atoms with E-state index in [0.29, 0.717) is 24.5 Å². The van der Waals surface area contributed by atoms with Crippen molar-refractivity contribution >= 4 is 16.9 Å². The summed E-state index contributed by atoms with van der Waals surface area (Å²) in [6.45, 7) is 2.93. The molecule has 3 aromatic carbocycles. The van der Waals surface area contributed by atoms with Crippen LogP contribution in [-0.2, 0) is 6.54 Å². The van der Waals surface area contributed by atoms with Crippen LogP contribution in [0.5, 0.6) is 17.2 Å². The van der Waals surface area contributed by atoms with Gasteiger partial charge in [-0.3, -0.25) is 4.79 Å². The minimum atomic E-state index is -0.327. The lowest BCUT2D eigenvalue weighted by Crippen LogP contribution is -2.29. The average Bonchev–Trinajstić information content (AvgIpc) is 3.23. The van der Waals surface area contributed by atoms with E-state index in [1.807, 2.05) is 67.6 Å². The Morgan fingerprint density at radius 3 is 2.55 bits per heavy atom. The van der Waals surface area contributed by atoms with Crippen molar-refractivity contribution in [3.63, 3.8) is 0 Å². The highest BCUT2D eigenvalue weighted by Gasteiger charge is 2.20. The van der Waals surface area contributed by atoms with Gasteiger partial charge in [0.2, 0.25) is 0 Å². The van der Waals surface area contributed by atoms with Crippen molar-refractivity contribution in [2.45, 2.75) is 19.5 Å². The lowest BCUT2D eigenvalue weighted by molar-refractivity contribution is 0.0934. The fraction of sp³-hybridized carbons (Fsp3) is 0.231. The van der Waals surface area contributed by atoms with Gasteiger partial charge in [0.15, 0.2) is 0 Å². The predicted molar refractivity (Wildman–Crippen MR) is 127 cm³/mol. The quantitative estimate of drug-likeness (QED) is 0.407. The fourth-order valence-electron chi connectivity index (χ4n) is 3.78. The minimum absolute atomic E-state index is 0.216. The first kappa shape index (κ1) is 22.2. The van der Waals surface area contributed by atoms with Crippen LogP contribution < -0.4 is 19.5 Å². The molecule has 1 N–H and O–H groups in total. The second kappa shape index (κ2) is 10.1. The van der Waals surface area contributed by atoms with Crippen LogP contribution in [0.4, 0.5) is 0 Å². The lowest BCUT2D eigenvalue weighted by Gasteiger charge is -2.17. The number of methoxy groups -OCH3 is 2. The van der Waals surface area contributed by atoms with Crippen molar-refractivity contribution in [3.8, 4) is 17.2 Å². The van der Waals surface area contributed by atoms with E-state index >= 15 is 0 Å². The van der Waals surface area contributed by atoms with Crippen LogP contribution in [0.1, 0.15) is 29.1 Å². The van der Waals surface area contributed by atoms with Gasteiger partial charge >= 0.3 is 0 Å². The van der Waals surface area contributed by atoms with E-state index in [2.05, 4.69) is 9.88 Å². The number of fused-ring (bicyclic) bond motifs is 1. The molecule has 33 heavy (non-hydrogen) atoms. The summed E-state index contributed by atoms with van der Waals surface area (Å²) in [5.41, 5.74) is 2.34. The molecule has 0 aliphatic heterocycles. The van der Waals surface area contributed by atoms with Gasteiger partial charge in [0.1, 0.15) is 29.7 Å². The van der Waals surface area contributed by atoms with E-state index in [1.165, 1.54) is 0 Å². The highest BCUT2D eigenvalue weighted by molar-refractivity contribution is 5.97. The minimum Gasteiger partial charge on any atom is -0.497 e. The molecule has 0 bridgehead atoms. The Balaban J connectivity index is 1.54. The zero-order valence-corrected chi connectivity index (χ0v) is 18.9. The summed E-state index contributed by atoms with van der Waals surface area (Å²) < 4.78 is 18.6. The number of ether oxygens (including phenoxy) is 3. The molecule has 7 nitrogen and oxygen atoms in total. The zero-order chi connectivity index (χ0) is 23.2. The van der Waals surface area contributed by atoms with Crippen molar-refractivity contribution < 1.29 is 19.0 Å². The van der Waals surface area contributed by atoms with Crippen LogP contribution in [0.25, 0.3) is 11.0 Å². The van der Waals surface area contributed by atoms with Crippen LogP contribution in [0.3, 0.4) is 0 Å². The number of para-hydroxylation sites is 3. The van der Waals surface area contributed by atoms with Gasteiger partial charge in [-0.2, -0.15) is 0 Å². The fourth-order valence-corrected chi connectivity index (χ4v) is 3.78. The van der Waals surface area contributed by atoms with E-state index in [-0.39, 0.29) is 11.9 Å². The molecule has 170 valence electrons. The Kier molecular flexibility index (Phi) is 6.78. The van der Waals surface area contributed by atoms with Gasteiger partial charge < -0.3 is 24.1 Å². The molecule has 4 rings (SSSR count). The highest BCUT2D eigenvalue weighted by atomic mass is 16.5. The molecule has 0 radical (unpaired) electrons. The number of nitrogens with zero attached hydrogens (tertiary/aromatic N) is 2. The summed E-state index contributed by atoms with van der Waals surface area (Å²) in [5.74, 6) is 2.55. The van der Waals surface area contributed by atoms with Gasteiger partial charge in [-0.15, -0.1) is 0 Å². The second-order valence-electron chi connectivity index (χ2n) is 7.53. The molecule has 1 unspecified atom stereocenters. The molecule has 0 aliphatic carbocycles.